The molecule has 0 radical (unpaired) electrons. The van der Waals surface area contributed by atoms with Crippen LogP contribution in [0.3, 0.4) is 0 Å². The Kier molecular flexibility index (Phi) is 4.41. The molecule has 2 aromatic heterocycles. The summed E-state index contributed by atoms with van der Waals surface area (Å²) < 4.78 is 1.93. The van der Waals surface area contributed by atoms with Crippen LogP contribution in [0, 0.1) is 6.92 Å². The Morgan fingerprint density at radius 1 is 1.26 bits per heavy atom. The predicted molar refractivity (Wildman–Crippen MR) is 82.5 cm³/mol. The average molecular weight is 311 g/mol. The second-order valence-electron chi connectivity index (χ2n) is 5.12. The molecule has 1 amide bonds. The summed E-state index contributed by atoms with van der Waals surface area (Å²) in [7, 11) is 0. The molecule has 3 rings (SSSR count). The molecule has 23 heavy (non-hydrogen) atoms. The van der Waals surface area contributed by atoms with Gasteiger partial charge in [-0.1, -0.05) is 30.3 Å². The third-order valence-corrected chi connectivity index (χ3v) is 3.52. The minimum Gasteiger partial charge on any atom is -0.343 e. The number of nitrogens with zero attached hydrogens (tertiary/aromatic N) is 5. The van der Waals surface area contributed by atoms with Gasteiger partial charge in [-0.15, -0.1) is 10.2 Å². The summed E-state index contributed by atoms with van der Waals surface area (Å²) in [5.41, 5.74) is 2.10. The van der Waals surface area contributed by atoms with Crippen molar-refractivity contribution >= 4 is 5.91 Å². The van der Waals surface area contributed by atoms with Gasteiger partial charge in [0.15, 0.2) is 11.5 Å². The van der Waals surface area contributed by atoms with Crippen LogP contribution in [0.25, 0.3) is 0 Å². The summed E-state index contributed by atoms with van der Waals surface area (Å²) in [5.74, 6) is 0.421. The summed E-state index contributed by atoms with van der Waals surface area (Å²) in [6.07, 6.45) is 2.55. The Labute approximate surface area is 132 Å². The predicted octanol–water partition coefficient (Wildman–Crippen LogP) is 0.877. The van der Waals surface area contributed by atoms with Gasteiger partial charge in [-0.2, -0.15) is 15.4 Å². The second kappa shape index (κ2) is 6.82. The van der Waals surface area contributed by atoms with Gasteiger partial charge >= 0.3 is 0 Å². The van der Waals surface area contributed by atoms with E-state index in [1.807, 2.05) is 22.8 Å². The zero-order valence-corrected chi connectivity index (χ0v) is 12.7. The van der Waals surface area contributed by atoms with E-state index in [9.17, 15) is 4.79 Å². The maximum absolute atomic E-state index is 12.0. The van der Waals surface area contributed by atoms with E-state index < -0.39 is 0 Å². The summed E-state index contributed by atoms with van der Waals surface area (Å²) >= 11 is 0. The number of hydrogen-bond acceptors (Lipinski definition) is 5. The molecular weight excluding hydrogens is 294 g/mol. The zero-order chi connectivity index (χ0) is 16.1. The van der Waals surface area contributed by atoms with Crippen molar-refractivity contribution < 1.29 is 4.79 Å². The van der Waals surface area contributed by atoms with Gasteiger partial charge in [0.1, 0.15) is 6.33 Å². The van der Waals surface area contributed by atoms with E-state index in [4.69, 9.17) is 0 Å². The number of rotatable bonds is 6. The van der Waals surface area contributed by atoms with E-state index in [0.717, 1.165) is 13.0 Å². The molecule has 3 aromatic rings. The summed E-state index contributed by atoms with van der Waals surface area (Å²) in [6.45, 7) is 2.77. The van der Waals surface area contributed by atoms with Crippen molar-refractivity contribution in [2.75, 3.05) is 0 Å². The summed E-state index contributed by atoms with van der Waals surface area (Å²) in [4.78, 5) is 12.0. The van der Waals surface area contributed by atoms with Crippen LogP contribution >= 0.6 is 0 Å². The molecule has 0 atom stereocenters. The quantitative estimate of drug-likeness (QED) is 0.703. The first kappa shape index (κ1) is 14.9. The topological polar surface area (TPSA) is 101 Å². The minimum atomic E-state index is -0.283. The molecule has 0 aliphatic carbocycles. The Morgan fingerprint density at radius 2 is 2.09 bits per heavy atom. The first-order chi connectivity index (χ1) is 11.2. The molecule has 0 unspecified atom stereocenters. The SMILES string of the molecule is Cc1n[nH]nc1C(=O)NCc1nncn1CCc1ccccc1. The maximum Gasteiger partial charge on any atom is 0.274 e. The first-order valence-electron chi connectivity index (χ1n) is 7.30. The molecule has 2 N–H and O–H groups in total. The Bertz CT molecular complexity index is 778. The van der Waals surface area contributed by atoms with Crippen molar-refractivity contribution in [3.63, 3.8) is 0 Å². The van der Waals surface area contributed by atoms with Crippen LogP contribution in [0.2, 0.25) is 0 Å². The fourth-order valence-electron chi connectivity index (χ4n) is 2.24. The van der Waals surface area contributed by atoms with Crippen LogP contribution < -0.4 is 5.32 Å². The molecule has 0 bridgehead atoms. The number of aryl methyl sites for hydroxylation is 3. The Balaban J connectivity index is 1.58. The molecule has 0 aliphatic heterocycles. The minimum absolute atomic E-state index is 0.283. The van der Waals surface area contributed by atoms with Crippen molar-refractivity contribution in [3.8, 4) is 0 Å². The third kappa shape index (κ3) is 3.60. The highest BCUT2D eigenvalue weighted by Gasteiger charge is 2.14. The molecule has 0 fully saturated rings. The van der Waals surface area contributed by atoms with Crippen LogP contribution in [0.15, 0.2) is 36.7 Å². The largest absolute Gasteiger partial charge is 0.343 e. The van der Waals surface area contributed by atoms with E-state index in [1.165, 1.54) is 5.56 Å². The van der Waals surface area contributed by atoms with Crippen LogP contribution in [-0.2, 0) is 19.5 Å². The number of H-pyrrole nitrogens is 1. The Hall–Kier alpha value is -3.03. The molecular formula is C15H17N7O. The van der Waals surface area contributed by atoms with Crippen molar-refractivity contribution in [2.45, 2.75) is 26.4 Å². The lowest BCUT2D eigenvalue weighted by Crippen LogP contribution is -2.26. The smallest absolute Gasteiger partial charge is 0.274 e. The van der Waals surface area contributed by atoms with Gasteiger partial charge in [-0.25, -0.2) is 0 Å². The van der Waals surface area contributed by atoms with Gasteiger partial charge in [0.2, 0.25) is 0 Å². The fourth-order valence-corrected chi connectivity index (χ4v) is 2.24. The first-order valence-corrected chi connectivity index (χ1v) is 7.30. The zero-order valence-electron chi connectivity index (χ0n) is 12.7. The van der Waals surface area contributed by atoms with E-state index in [-0.39, 0.29) is 5.91 Å². The normalized spacial score (nSPS) is 10.7. The number of carbonyl (C=O) groups is 1. The highest BCUT2D eigenvalue weighted by molar-refractivity contribution is 5.92. The van der Waals surface area contributed by atoms with Gasteiger partial charge in [-0.3, -0.25) is 4.79 Å². The average Bonchev–Trinajstić information content (AvgIpc) is 3.20. The molecule has 2 heterocycles. The van der Waals surface area contributed by atoms with Gasteiger partial charge in [0.05, 0.1) is 12.2 Å². The highest BCUT2D eigenvalue weighted by atomic mass is 16.2. The number of nitrogens with one attached hydrogen (secondary N) is 2. The lowest BCUT2D eigenvalue weighted by Gasteiger charge is -2.07. The van der Waals surface area contributed by atoms with Gasteiger partial charge in [0, 0.05) is 6.54 Å². The van der Waals surface area contributed by atoms with Crippen LogP contribution in [0.4, 0.5) is 0 Å². The monoisotopic (exact) mass is 311 g/mol. The fraction of sp³-hybridized carbons (Fsp3) is 0.267. The standard InChI is InChI=1S/C15H17N7O/c1-11-14(20-21-18-11)15(23)16-9-13-19-17-10-22(13)8-7-12-5-3-2-4-6-12/h2-6,10H,7-9H2,1H3,(H,16,23)(H,18,20,21). The molecule has 0 saturated heterocycles. The van der Waals surface area contributed by atoms with E-state index in [2.05, 4.69) is 43.1 Å². The number of carbonyl (C=O) groups excluding carboxylic acids is 1. The number of hydrogen-bond donors (Lipinski definition) is 2. The highest BCUT2D eigenvalue weighted by Crippen LogP contribution is 2.04. The lowest BCUT2D eigenvalue weighted by atomic mass is 10.1. The molecule has 118 valence electrons. The number of aromatic amines is 1. The molecule has 8 heteroatoms. The maximum atomic E-state index is 12.0. The second-order valence-corrected chi connectivity index (χ2v) is 5.12. The van der Waals surface area contributed by atoms with Gasteiger partial charge < -0.3 is 9.88 Å². The van der Waals surface area contributed by atoms with E-state index >= 15 is 0 Å². The molecule has 1 aromatic carbocycles. The van der Waals surface area contributed by atoms with Crippen molar-refractivity contribution in [1.82, 2.24) is 35.5 Å². The van der Waals surface area contributed by atoms with Crippen molar-refractivity contribution in [1.29, 1.82) is 0 Å². The van der Waals surface area contributed by atoms with Crippen LogP contribution in [0.5, 0.6) is 0 Å². The molecule has 8 nitrogen and oxygen atoms in total. The van der Waals surface area contributed by atoms with Crippen LogP contribution in [0.1, 0.15) is 27.6 Å². The van der Waals surface area contributed by atoms with Crippen molar-refractivity contribution in [2.24, 2.45) is 0 Å². The molecule has 0 aliphatic rings. The molecule has 0 saturated carbocycles. The summed E-state index contributed by atoms with van der Waals surface area (Å²) in [6, 6.07) is 10.2. The van der Waals surface area contributed by atoms with Crippen molar-refractivity contribution in [3.05, 3.63) is 59.4 Å². The third-order valence-electron chi connectivity index (χ3n) is 3.52. The summed E-state index contributed by atoms with van der Waals surface area (Å²) in [5, 5.41) is 20.8. The molecule has 0 spiro atoms. The Morgan fingerprint density at radius 3 is 2.83 bits per heavy atom. The number of amides is 1. The lowest BCUT2D eigenvalue weighted by molar-refractivity contribution is 0.0943. The van der Waals surface area contributed by atoms with Gasteiger partial charge in [-0.05, 0) is 18.9 Å². The van der Waals surface area contributed by atoms with Crippen LogP contribution in [-0.4, -0.2) is 36.1 Å². The van der Waals surface area contributed by atoms with E-state index in [0.29, 0.717) is 23.8 Å². The van der Waals surface area contributed by atoms with Gasteiger partial charge in [0.25, 0.3) is 5.91 Å². The van der Waals surface area contributed by atoms with E-state index in [1.54, 1.807) is 13.3 Å². The number of aromatic nitrogens is 6. The number of benzene rings is 1.